The zero-order chi connectivity index (χ0) is 21.6. The van der Waals surface area contributed by atoms with Crippen molar-refractivity contribution in [2.45, 2.75) is 17.7 Å². The number of amides is 1. The molecule has 2 aromatic carbocycles. The Morgan fingerprint density at radius 2 is 1.77 bits per heavy atom. The second kappa shape index (κ2) is 9.84. The molecular formula is C21H23N3O4S2. The fourth-order valence-electron chi connectivity index (χ4n) is 3.07. The molecule has 0 saturated carbocycles. The largest absolute Gasteiger partial charge is 0.496 e. The van der Waals surface area contributed by atoms with Crippen molar-refractivity contribution >= 4 is 45.0 Å². The van der Waals surface area contributed by atoms with Crippen LogP contribution in [0, 0.1) is 0 Å². The van der Waals surface area contributed by atoms with E-state index in [1.54, 1.807) is 31.4 Å². The predicted octanol–water partition coefficient (Wildman–Crippen LogP) is 3.01. The fourth-order valence-corrected chi connectivity index (χ4v) is 4.81. The molecule has 3 rings (SSSR count). The second-order valence-corrected chi connectivity index (χ2v) is 9.00. The lowest BCUT2D eigenvalue weighted by atomic mass is 10.2. The second-order valence-electron chi connectivity index (χ2n) is 6.65. The van der Waals surface area contributed by atoms with E-state index in [9.17, 15) is 13.2 Å². The van der Waals surface area contributed by atoms with Gasteiger partial charge in [0, 0.05) is 30.4 Å². The molecule has 158 valence electrons. The van der Waals surface area contributed by atoms with E-state index in [1.165, 1.54) is 22.5 Å². The van der Waals surface area contributed by atoms with Crippen LogP contribution in [0.2, 0.25) is 0 Å². The molecule has 30 heavy (non-hydrogen) atoms. The minimum atomic E-state index is -3.46. The first-order valence-corrected chi connectivity index (χ1v) is 11.3. The van der Waals surface area contributed by atoms with E-state index in [4.69, 9.17) is 17.0 Å². The lowest BCUT2D eigenvalue weighted by Gasteiger charge is -2.16. The first-order chi connectivity index (χ1) is 14.4. The van der Waals surface area contributed by atoms with Gasteiger partial charge in [0.1, 0.15) is 5.75 Å². The van der Waals surface area contributed by atoms with E-state index in [0.717, 1.165) is 18.4 Å². The van der Waals surface area contributed by atoms with Crippen LogP contribution in [0.3, 0.4) is 0 Å². The Hall–Kier alpha value is -2.75. The first kappa shape index (κ1) is 21.9. The molecule has 0 bridgehead atoms. The minimum absolute atomic E-state index is 0.111. The third kappa shape index (κ3) is 5.44. The number of benzene rings is 2. The SMILES string of the molecule is COc1ccccc1C=CC(=O)NC(=S)Nc1ccc(S(=O)(=O)N2CCCC2)cc1. The number of hydrogen-bond donors (Lipinski definition) is 2. The standard InChI is InChI=1S/C21H23N3O4S2/c1-28-19-7-3-2-6-16(19)8-13-20(25)23-21(29)22-17-9-11-18(12-10-17)30(26,27)24-14-4-5-15-24/h2-3,6-13H,4-5,14-15H2,1H3,(H2,22,23,25,29). The predicted molar refractivity (Wildman–Crippen MR) is 121 cm³/mol. The summed E-state index contributed by atoms with van der Waals surface area (Å²) in [6.07, 6.45) is 4.77. The Kier molecular flexibility index (Phi) is 7.20. The highest BCUT2D eigenvalue weighted by Crippen LogP contribution is 2.22. The third-order valence-corrected chi connectivity index (χ3v) is 6.72. The van der Waals surface area contributed by atoms with Gasteiger partial charge in [0.15, 0.2) is 5.11 Å². The molecule has 0 unspecified atom stereocenters. The van der Waals surface area contributed by atoms with E-state index in [1.807, 2.05) is 18.2 Å². The van der Waals surface area contributed by atoms with Gasteiger partial charge in [-0.1, -0.05) is 18.2 Å². The number of methoxy groups -OCH3 is 1. The van der Waals surface area contributed by atoms with Crippen LogP contribution in [0.15, 0.2) is 59.5 Å². The summed E-state index contributed by atoms with van der Waals surface area (Å²) in [5, 5.41) is 5.54. The first-order valence-electron chi connectivity index (χ1n) is 9.43. The number of hydrogen-bond acceptors (Lipinski definition) is 5. The molecule has 0 atom stereocenters. The van der Waals surface area contributed by atoms with Gasteiger partial charge in [0.05, 0.1) is 12.0 Å². The van der Waals surface area contributed by atoms with Crippen molar-refractivity contribution in [3.05, 3.63) is 60.2 Å². The molecule has 9 heteroatoms. The van der Waals surface area contributed by atoms with E-state index in [2.05, 4.69) is 10.6 Å². The van der Waals surface area contributed by atoms with Crippen LogP contribution in [0.1, 0.15) is 18.4 Å². The highest BCUT2D eigenvalue weighted by Gasteiger charge is 2.26. The summed E-state index contributed by atoms with van der Waals surface area (Å²) in [6.45, 7) is 1.11. The molecule has 1 saturated heterocycles. The maximum Gasteiger partial charge on any atom is 0.250 e. The van der Waals surface area contributed by atoms with E-state index in [0.29, 0.717) is 24.5 Å². The van der Waals surface area contributed by atoms with Crippen molar-refractivity contribution < 1.29 is 17.9 Å². The van der Waals surface area contributed by atoms with Crippen LogP contribution in [-0.2, 0) is 14.8 Å². The summed E-state index contributed by atoms with van der Waals surface area (Å²) < 4.78 is 31.8. The quantitative estimate of drug-likeness (QED) is 0.525. The molecule has 1 aliphatic rings. The molecule has 2 N–H and O–H groups in total. The average molecular weight is 446 g/mol. The number of nitrogens with zero attached hydrogens (tertiary/aromatic N) is 1. The van der Waals surface area contributed by atoms with Gasteiger partial charge >= 0.3 is 0 Å². The van der Waals surface area contributed by atoms with Crippen LogP contribution in [0.4, 0.5) is 5.69 Å². The molecule has 1 fully saturated rings. The summed E-state index contributed by atoms with van der Waals surface area (Å²) in [6, 6.07) is 13.6. The van der Waals surface area contributed by atoms with E-state index >= 15 is 0 Å². The number of para-hydroxylation sites is 1. The Morgan fingerprint density at radius 1 is 1.10 bits per heavy atom. The fraction of sp³-hybridized carbons (Fsp3) is 0.238. The average Bonchev–Trinajstić information content (AvgIpc) is 3.28. The number of carbonyl (C=O) groups is 1. The highest BCUT2D eigenvalue weighted by atomic mass is 32.2. The van der Waals surface area contributed by atoms with Gasteiger partial charge in [-0.25, -0.2) is 8.42 Å². The normalized spacial score (nSPS) is 14.6. The molecule has 0 radical (unpaired) electrons. The maximum atomic E-state index is 12.6. The molecule has 1 amide bonds. The zero-order valence-corrected chi connectivity index (χ0v) is 18.1. The van der Waals surface area contributed by atoms with Crippen molar-refractivity contribution in [1.82, 2.24) is 9.62 Å². The molecule has 1 heterocycles. The van der Waals surface area contributed by atoms with Gasteiger partial charge in [-0.05, 0) is 61.5 Å². The van der Waals surface area contributed by atoms with E-state index in [-0.39, 0.29) is 10.0 Å². The Morgan fingerprint density at radius 3 is 2.43 bits per heavy atom. The topological polar surface area (TPSA) is 87.7 Å². The van der Waals surface area contributed by atoms with Crippen LogP contribution in [-0.4, -0.2) is 43.9 Å². The number of nitrogens with one attached hydrogen (secondary N) is 2. The van der Waals surface area contributed by atoms with Gasteiger partial charge in [-0.3, -0.25) is 10.1 Å². The molecule has 1 aliphatic heterocycles. The zero-order valence-electron chi connectivity index (χ0n) is 16.5. The van der Waals surface area contributed by atoms with E-state index < -0.39 is 15.9 Å². The van der Waals surface area contributed by atoms with Crippen LogP contribution in [0.5, 0.6) is 5.75 Å². The van der Waals surface area contributed by atoms with Gasteiger partial charge in [0.25, 0.3) is 0 Å². The Labute approximate surface area is 181 Å². The maximum absolute atomic E-state index is 12.6. The van der Waals surface area contributed by atoms with Crippen LogP contribution < -0.4 is 15.4 Å². The summed E-state index contributed by atoms with van der Waals surface area (Å²) in [5.41, 5.74) is 1.35. The Bertz CT molecular complexity index is 1040. The molecule has 7 nitrogen and oxygen atoms in total. The molecular weight excluding hydrogens is 422 g/mol. The minimum Gasteiger partial charge on any atom is -0.496 e. The molecule has 0 spiro atoms. The molecule has 2 aromatic rings. The monoisotopic (exact) mass is 445 g/mol. The molecule has 0 aromatic heterocycles. The van der Waals surface area contributed by atoms with Crippen molar-refractivity contribution in [3.63, 3.8) is 0 Å². The smallest absolute Gasteiger partial charge is 0.250 e. The lowest BCUT2D eigenvalue weighted by molar-refractivity contribution is -0.115. The number of sulfonamides is 1. The molecule has 0 aliphatic carbocycles. The Balaban J connectivity index is 1.57. The third-order valence-electron chi connectivity index (χ3n) is 4.60. The number of ether oxygens (including phenoxy) is 1. The number of carbonyl (C=O) groups excluding carboxylic acids is 1. The van der Waals surface area contributed by atoms with Gasteiger partial charge in [-0.2, -0.15) is 4.31 Å². The number of rotatable bonds is 6. The van der Waals surface area contributed by atoms with Gasteiger partial charge in [-0.15, -0.1) is 0 Å². The van der Waals surface area contributed by atoms with Crippen molar-refractivity contribution in [3.8, 4) is 5.75 Å². The summed E-state index contributed by atoms with van der Waals surface area (Å²) >= 11 is 5.16. The van der Waals surface area contributed by atoms with Gasteiger partial charge < -0.3 is 10.1 Å². The van der Waals surface area contributed by atoms with Crippen molar-refractivity contribution in [2.75, 3.05) is 25.5 Å². The highest BCUT2D eigenvalue weighted by molar-refractivity contribution is 7.89. The van der Waals surface area contributed by atoms with Gasteiger partial charge in [0.2, 0.25) is 15.9 Å². The van der Waals surface area contributed by atoms with Crippen molar-refractivity contribution in [1.29, 1.82) is 0 Å². The van der Waals surface area contributed by atoms with Crippen molar-refractivity contribution in [2.24, 2.45) is 0 Å². The lowest BCUT2D eigenvalue weighted by Crippen LogP contribution is -2.32. The summed E-state index contributed by atoms with van der Waals surface area (Å²) in [5.74, 6) is 0.262. The van der Waals surface area contributed by atoms with Crippen LogP contribution >= 0.6 is 12.2 Å². The number of thiocarbonyl (C=S) groups is 1. The summed E-state index contributed by atoms with van der Waals surface area (Å²) in [4.78, 5) is 12.3. The summed E-state index contributed by atoms with van der Waals surface area (Å²) in [7, 11) is -1.90. The van der Waals surface area contributed by atoms with Crippen LogP contribution in [0.25, 0.3) is 6.08 Å². The number of anilines is 1.